The van der Waals surface area contributed by atoms with Crippen LogP contribution < -0.4 is 5.73 Å². The van der Waals surface area contributed by atoms with Crippen LogP contribution in [-0.2, 0) is 11.2 Å². The minimum absolute atomic E-state index is 0. The highest BCUT2D eigenvalue weighted by atomic mass is 35.5. The molecule has 0 saturated heterocycles. The van der Waals surface area contributed by atoms with Gasteiger partial charge in [-0.3, -0.25) is 4.79 Å². The van der Waals surface area contributed by atoms with Crippen LogP contribution >= 0.6 is 36.2 Å². The summed E-state index contributed by atoms with van der Waals surface area (Å²) in [6.45, 7) is 8.07. The number of aryl methyl sites for hydroxylation is 2. The highest BCUT2D eigenvalue weighted by molar-refractivity contribution is 7.11. The number of nitrogens with two attached hydrogens (primary N) is 1. The second-order valence-electron chi connectivity index (χ2n) is 6.26. The van der Waals surface area contributed by atoms with Gasteiger partial charge in [0.05, 0.1) is 22.7 Å². The Morgan fingerprint density at radius 1 is 1.23 bits per heavy atom. The van der Waals surface area contributed by atoms with E-state index in [0.717, 1.165) is 27.6 Å². The third kappa shape index (κ3) is 5.43. The van der Waals surface area contributed by atoms with Crippen molar-refractivity contribution >= 4 is 42.1 Å². The number of carbonyl (C=O) groups is 1. The van der Waals surface area contributed by atoms with Crippen LogP contribution in [0.2, 0.25) is 0 Å². The number of halogens is 2. The minimum atomic E-state index is -0.304. The minimum Gasteiger partial charge on any atom is -0.338 e. The lowest BCUT2D eigenvalue weighted by Gasteiger charge is -2.29. The maximum atomic E-state index is 12.9. The molecule has 2 aromatic rings. The van der Waals surface area contributed by atoms with E-state index in [2.05, 4.69) is 18.8 Å². The van der Waals surface area contributed by atoms with Gasteiger partial charge in [-0.05, 0) is 25.8 Å². The molecule has 1 aromatic carbocycles. The molecule has 0 fully saturated rings. The highest BCUT2D eigenvalue weighted by Crippen LogP contribution is 2.31. The average molecular weight is 418 g/mol. The third-order valence-corrected chi connectivity index (χ3v) is 6.07. The number of amides is 1. The molecule has 0 bridgehead atoms. The molecule has 0 aliphatic rings. The van der Waals surface area contributed by atoms with Crippen molar-refractivity contribution in [2.24, 2.45) is 11.7 Å². The van der Waals surface area contributed by atoms with E-state index in [0.29, 0.717) is 0 Å². The molecule has 146 valence electrons. The number of carbonyl (C=O) groups excluding carboxylic acids is 1. The number of nitrogens with zero attached hydrogens (tertiary/aromatic N) is 2. The normalized spacial score (nSPS) is 13.8. The number of hydrogen-bond acceptors (Lipinski definition) is 4. The fraction of sp³-hybridized carbons (Fsp3) is 0.474. The topological polar surface area (TPSA) is 59.2 Å². The Labute approximate surface area is 173 Å². The molecule has 2 rings (SSSR count). The molecule has 1 amide bonds. The maximum Gasteiger partial charge on any atom is 0.227 e. The van der Waals surface area contributed by atoms with E-state index >= 15 is 0 Å². The molecule has 1 heterocycles. The third-order valence-electron chi connectivity index (χ3n) is 4.60. The summed E-state index contributed by atoms with van der Waals surface area (Å²) in [5.41, 5.74) is 8.32. The van der Waals surface area contributed by atoms with Gasteiger partial charge in [-0.2, -0.15) is 0 Å². The quantitative estimate of drug-likeness (QED) is 0.739. The number of aromatic nitrogens is 1. The Morgan fingerprint density at radius 2 is 1.81 bits per heavy atom. The van der Waals surface area contributed by atoms with Crippen LogP contribution in [0.15, 0.2) is 30.3 Å². The molecule has 1 aromatic heterocycles. The fourth-order valence-corrected chi connectivity index (χ4v) is 3.91. The van der Waals surface area contributed by atoms with Crippen molar-refractivity contribution < 1.29 is 4.79 Å². The monoisotopic (exact) mass is 417 g/mol. The van der Waals surface area contributed by atoms with Crippen LogP contribution in [0.25, 0.3) is 0 Å². The van der Waals surface area contributed by atoms with Crippen LogP contribution in [0.3, 0.4) is 0 Å². The van der Waals surface area contributed by atoms with Gasteiger partial charge in [-0.15, -0.1) is 36.2 Å². The summed E-state index contributed by atoms with van der Waals surface area (Å²) in [5, 5.41) is 1.12. The predicted molar refractivity (Wildman–Crippen MR) is 114 cm³/mol. The Bertz CT molecular complexity index is 693. The molecular formula is C19H29Cl2N3OS. The Hall–Kier alpha value is -1.14. The van der Waals surface area contributed by atoms with Crippen molar-refractivity contribution in [3.63, 3.8) is 0 Å². The van der Waals surface area contributed by atoms with Gasteiger partial charge in [0.15, 0.2) is 0 Å². The first-order valence-electron chi connectivity index (χ1n) is 8.40. The summed E-state index contributed by atoms with van der Waals surface area (Å²) in [6, 6.07) is 9.49. The van der Waals surface area contributed by atoms with Crippen molar-refractivity contribution in [2.45, 2.75) is 46.2 Å². The Morgan fingerprint density at radius 3 is 2.31 bits per heavy atom. The Balaban J connectivity index is 0.00000312. The van der Waals surface area contributed by atoms with Gasteiger partial charge in [0.1, 0.15) is 0 Å². The van der Waals surface area contributed by atoms with Crippen LogP contribution in [0.4, 0.5) is 0 Å². The average Bonchev–Trinajstić information content (AvgIpc) is 3.00. The molecule has 2 N–H and O–H groups in total. The second-order valence-corrected chi connectivity index (χ2v) is 7.38. The summed E-state index contributed by atoms with van der Waals surface area (Å²) in [4.78, 5) is 20.4. The number of rotatable bonds is 6. The van der Waals surface area contributed by atoms with E-state index in [4.69, 9.17) is 5.73 Å². The zero-order chi connectivity index (χ0) is 17.9. The van der Waals surface area contributed by atoms with Gasteiger partial charge in [-0.1, -0.05) is 44.2 Å². The summed E-state index contributed by atoms with van der Waals surface area (Å²) < 4.78 is 0. The van der Waals surface area contributed by atoms with Gasteiger partial charge in [0.25, 0.3) is 0 Å². The SMILES string of the molecule is CCc1nc(C)c(C(C)N(C)C(=O)C(C)C(N)c2ccccc2)s1.Cl.Cl. The van der Waals surface area contributed by atoms with E-state index in [9.17, 15) is 4.79 Å². The first kappa shape index (κ1) is 24.9. The lowest BCUT2D eigenvalue weighted by molar-refractivity contribution is -0.136. The molecule has 7 heteroatoms. The molecular weight excluding hydrogens is 389 g/mol. The van der Waals surface area contributed by atoms with Gasteiger partial charge < -0.3 is 10.6 Å². The summed E-state index contributed by atoms with van der Waals surface area (Å²) in [5.74, 6) is -0.219. The van der Waals surface area contributed by atoms with Crippen molar-refractivity contribution in [2.75, 3.05) is 7.05 Å². The Kier molecular flexibility index (Phi) is 10.4. The van der Waals surface area contributed by atoms with E-state index in [-0.39, 0.29) is 48.7 Å². The first-order valence-corrected chi connectivity index (χ1v) is 9.21. The largest absolute Gasteiger partial charge is 0.338 e. The molecule has 0 saturated carbocycles. The van der Waals surface area contributed by atoms with Crippen LogP contribution in [0, 0.1) is 12.8 Å². The maximum absolute atomic E-state index is 12.9. The van der Waals surface area contributed by atoms with Crippen molar-refractivity contribution in [3.05, 3.63) is 51.5 Å². The van der Waals surface area contributed by atoms with Crippen LogP contribution in [0.5, 0.6) is 0 Å². The summed E-state index contributed by atoms with van der Waals surface area (Å²) >= 11 is 1.69. The summed E-state index contributed by atoms with van der Waals surface area (Å²) in [6.07, 6.45) is 0.922. The highest BCUT2D eigenvalue weighted by Gasteiger charge is 2.29. The second kappa shape index (κ2) is 10.9. The van der Waals surface area contributed by atoms with Crippen LogP contribution in [0.1, 0.15) is 54.0 Å². The van der Waals surface area contributed by atoms with Gasteiger partial charge in [-0.25, -0.2) is 4.98 Å². The first-order chi connectivity index (χ1) is 11.4. The number of benzene rings is 1. The zero-order valence-electron chi connectivity index (χ0n) is 15.9. The standard InChI is InChI=1S/C19H27N3OS.2ClH/c1-6-16-21-13(3)18(24-16)14(4)22(5)19(23)12(2)17(20)15-10-8-7-9-11-15;;/h7-12,14,17H,6,20H2,1-5H3;2*1H. The van der Waals surface area contributed by atoms with Gasteiger partial charge in [0.2, 0.25) is 5.91 Å². The molecule has 3 atom stereocenters. The summed E-state index contributed by atoms with van der Waals surface area (Å²) in [7, 11) is 1.85. The van der Waals surface area contributed by atoms with E-state index in [1.54, 1.807) is 16.2 Å². The van der Waals surface area contributed by atoms with Crippen molar-refractivity contribution in [3.8, 4) is 0 Å². The lowest BCUT2D eigenvalue weighted by atomic mass is 9.94. The molecule has 0 aliphatic carbocycles. The molecule has 0 aliphatic heterocycles. The molecule has 3 unspecified atom stereocenters. The van der Waals surface area contributed by atoms with Crippen molar-refractivity contribution in [1.82, 2.24) is 9.88 Å². The van der Waals surface area contributed by atoms with E-state index < -0.39 is 0 Å². The van der Waals surface area contributed by atoms with Gasteiger partial charge >= 0.3 is 0 Å². The number of hydrogen-bond donors (Lipinski definition) is 1. The zero-order valence-corrected chi connectivity index (χ0v) is 18.4. The van der Waals surface area contributed by atoms with Crippen LogP contribution in [-0.4, -0.2) is 22.8 Å². The lowest BCUT2D eigenvalue weighted by Crippen LogP contribution is -2.38. The predicted octanol–water partition coefficient (Wildman–Crippen LogP) is 4.71. The fourth-order valence-electron chi connectivity index (χ4n) is 2.81. The van der Waals surface area contributed by atoms with Crippen molar-refractivity contribution in [1.29, 1.82) is 0 Å². The van der Waals surface area contributed by atoms with Gasteiger partial charge in [0, 0.05) is 18.0 Å². The smallest absolute Gasteiger partial charge is 0.227 e. The molecule has 0 radical (unpaired) electrons. The van der Waals surface area contributed by atoms with E-state index in [1.807, 2.05) is 51.2 Å². The van der Waals surface area contributed by atoms with E-state index in [1.165, 1.54) is 0 Å². The molecule has 0 spiro atoms. The number of thiazole rings is 1. The molecule has 26 heavy (non-hydrogen) atoms. The molecule has 4 nitrogen and oxygen atoms in total.